The number of hydrogen-bond donors (Lipinski definition) is 2. The average Bonchev–Trinajstić information content (AvgIpc) is 2.23. The van der Waals surface area contributed by atoms with E-state index in [2.05, 4.69) is 5.32 Å². The van der Waals surface area contributed by atoms with E-state index < -0.39 is 11.6 Å². The Labute approximate surface area is 98.1 Å². The van der Waals surface area contributed by atoms with Gasteiger partial charge in [-0.1, -0.05) is 12.1 Å². The summed E-state index contributed by atoms with van der Waals surface area (Å²) in [6, 6.07) is 9.42. The highest BCUT2D eigenvalue weighted by atomic mass is 19.1. The number of halogens is 2. The topological polar surface area (TPSA) is 38.0 Å². The molecule has 0 heterocycles. The minimum absolute atomic E-state index is 0.0646. The van der Waals surface area contributed by atoms with Gasteiger partial charge in [0.25, 0.3) is 0 Å². The zero-order valence-electron chi connectivity index (χ0n) is 9.30. The van der Waals surface area contributed by atoms with Crippen LogP contribution < -0.4 is 11.1 Å². The molecule has 2 nitrogen and oxygen atoms in total. The molecule has 17 heavy (non-hydrogen) atoms. The van der Waals surface area contributed by atoms with Crippen molar-refractivity contribution in [3.63, 3.8) is 0 Å². The van der Waals surface area contributed by atoms with Crippen molar-refractivity contribution >= 4 is 17.1 Å². The second-order valence-corrected chi connectivity index (χ2v) is 3.85. The van der Waals surface area contributed by atoms with Crippen LogP contribution in [0.15, 0.2) is 36.4 Å². The molecule has 0 saturated heterocycles. The first-order valence-corrected chi connectivity index (χ1v) is 5.14. The number of nitrogen functional groups attached to an aromatic ring is 1. The molecule has 0 aliphatic heterocycles. The molecule has 0 saturated carbocycles. The molecule has 0 spiro atoms. The molecule has 2 aromatic carbocycles. The Morgan fingerprint density at radius 1 is 1.06 bits per heavy atom. The van der Waals surface area contributed by atoms with Gasteiger partial charge in [-0.2, -0.15) is 0 Å². The summed E-state index contributed by atoms with van der Waals surface area (Å²) in [4.78, 5) is 0. The fourth-order valence-corrected chi connectivity index (χ4v) is 1.58. The van der Waals surface area contributed by atoms with Crippen molar-refractivity contribution in [2.45, 2.75) is 6.92 Å². The third kappa shape index (κ3) is 2.53. The van der Waals surface area contributed by atoms with Crippen molar-refractivity contribution in [3.8, 4) is 0 Å². The van der Waals surface area contributed by atoms with Gasteiger partial charge in [-0.15, -0.1) is 0 Å². The summed E-state index contributed by atoms with van der Waals surface area (Å²) < 4.78 is 27.0. The van der Waals surface area contributed by atoms with Crippen LogP contribution in [0.2, 0.25) is 0 Å². The lowest BCUT2D eigenvalue weighted by molar-refractivity contribution is 0.592. The second kappa shape index (κ2) is 4.41. The Balaban J connectivity index is 2.36. The normalized spacial score (nSPS) is 10.3. The molecule has 4 heteroatoms. The van der Waals surface area contributed by atoms with Crippen LogP contribution in [0, 0.1) is 18.6 Å². The Morgan fingerprint density at radius 3 is 2.29 bits per heavy atom. The summed E-state index contributed by atoms with van der Waals surface area (Å²) in [5, 5.41) is 2.70. The summed E-state index contributed by atoms with van der Waals surface area (Å²) in [5.41, 5.74) is 6.85. The van der Waals surface area contributed by atoms with Gasteiger partial charge in [-0.25, -0.2) is 8.78 Å². The van der Waals surface area contributed by atoms with Gasteiger partial charge in [0.2, 0.25) is 0 Å². The predicted octanol–water partition coefficient (Wildman–Crippen LogP) is 3.60. The van der Waals surface area contributed by atoms with Crippen molar-refractivity contribution in [1.29, 1.82) is 0 Å². The smallest absolute Gasteiger partial charge is 0.151 e. The number of aryl methyl sites for hydroxylation is 1. The largest absolute Gasteiger partial charge is 0.399 e. The lowest BCUT2D eigenvalue weighted by atomic mass is 10.2. The van der Waals surface area contributed by atoms with E-state index in [0.717, 1.165) is 17.7 Å². The SMILES string of the molecule is Cc1cccc(Nc2c(F)cc(N)cc2F)c1. The molecular weight excluding hydrogens is 222 g/mol. The first-order chi connectivity index (χ1) is 8.06. The van der Waals surface area contributed by atoms with E-state index in [1.165, 1.54) is 0 Å². The number of anilines is 3. The third-order valence-corrected chi connectivity index (χ3v) is 2.35. The number of hydrogen-bond acceptors (Lipinski definition) is 2. The van der Waals surface area contributed by atoms with Gasteiger partial charge in [-0.05, 0) is 36.8 Å². The molecule has 2 rings (SSSR count). The number of rotatable bonds is 2. The Morgan fingerprint density at radius 2 is 1.71 bits per heavy atom. The maximum absolute atomic E-state index is 13.5. The second-order valence-electron chi connectivity index (χ2n) is 3.85. The van der Waals surface area contributed by atoms with E-state index in [-0.39, 0.29) is 11.4 Å². The van der Waals surface area contributed by atoms with Crippen molar-refractivity contribution < 1.29 is 8.78 Å². The fourth-order valence-electron chi connectivity index (χ4n) is 1.58. The van der Waals surface area contributed by atoms with Gasteiger partial charge in [-0.3, -0.25) is 0 Å². The molecule has 0 amide bonds. The third-order valence-electron chi connectivity index (χ3n) is 2.35. The van der Waals surface area contributed by atoms with Crippen LogP contribution in [0.1, 0.15) is 5.56 Å². The lowest BCUT2D eigenvalue weighted by Gasteiger charge is -2.10. The van der Waals surface area contributed by atoms with E-state index in [0.29, 0.717) is 5.69 Å². The zero-order valence-corrected chi connectivity index (χ0v) is 9.30. The molecule has 0 aromatic heterocycles. The highest BCUT2D eigenvalue weighted by Crippen LogP contribution is 2.25. The Kier molecular flexibility index (Phi) is 2.95. The quantitative estimate of drug-likeness (QED) is 0.779. The predicted molar refractivity (Wildman–Crippen MR) is 65.2 cm³/mol. The molecule has 0 aliphatic rings. The fraction of sp³-hybridized carbons (Fsp3) is 0.0769. The summed E-state index contributed by atoms with van der Waals surface area (Å²) in [5.74, 6) is -1.41. The van der Waals surface area contributed by atoms with E-state index >= 15 is 0 Å². The minimum Gasteiger partial charge on any atom is -0.399 e. The summed E-state index contributed by atoms with van der Waals surface area (Å²) >= 11 is 0. The standard InChI is InChI=1S/C13H12F2N2/c1-8-3-2-4-10(5-8)17-13-11(14)6-9(16)7-12(13)15/h2-7,17H,16H2,1H3. The minimum atomic E-state index is -0.705. The van der Waals surface area contributed by atoms with Crippen molar-refractivity contribution in [2.75, 3.05) is 11.1 Å². The molecule has 0 unspecified atom stereocenters. The van der Waals surface area contributed by atoms with E-state index in [4.69, 9.17) is 5.73 Å². The molecule has 0 fully saturated rings. The van der Waals surface area contributed by atoms with E-state index in [9.17, 15) is 8.78 Å². The van der Waals surface area contributed by atoms with Crippen LogP contribution in [-0.2, 0) is 0 Å². The average molecular weight is 234 g/mol. The van der Waals surface area contributed by atoms with Crippen molar-refractivity contribution in [2.24, 2.45) is 0 Å². The molecule has 0 aliphatic carbocycles. The first-order valence-electron chi connectivity index (χ1n) is 5.14. The van der Waals surface area contributed by atoms with Crippen LogP contribution in [0.4, 0.5) is 25.8 Å². The maximum Gasteiger partial charge on any atom is 0.151 e. The highest BCUT2D eigenvalue weighted by molar-refractivity contribution is 5.63. The molecule has 0 atom stereocenters. The lowest BCUT2D eigenvalue weighted by Crippen LogP contribution is -1.99. The van der Waals surface area contributed by atoms with Crippen LogP contribution in [-0.4, -0.2) is 0 Å². The van der Waals surface area contributed by atoms with Crippen LogP contribution in [0.3, 0.4) is 0 Å². The molecular formula is C13H12F2N2. The van der Waals surface area contributed by atoms with Gasteiger partial charge in [0, 0.05) is 11.4 Å². The number of nitrogens with one attached hydrogen (secondary N) is 1. The van der Waals surface area contributed by atoms with Gasteiger partial charge in [0.15, 0.2) is 11.6 Å². The van der Waals surface area contributed by atoms with Crippen molar-refractivity contribution in [3.05, 3.63) is 53.6 Å². The van der Waals surface area contributed by atoms with Crippen LogP contribution in [0.25, 0.3) is 0 Å². The summed E-state index contributed by atoms with van der Waals surface area (Å²) in [7, 11) is 0. The first kappa shape index (κ1) is 11.4. The van der Waals surface area contributed by atoms with Gasteiger partial charge in [0.05, 0.1) is 0 Å². The van der Waals surface area contributed by atoms with E-state index in [1.807, 2.05) is 19.1 Å². The molecule has 3 N–H and O–H groups in total. The summed E-state index contributed by atoms with van der Waals surface area (Å²) in [6.45, 7) is 1.90. The maximum atomic E-state index is 13.5. The number of benzene rings is 2. The number of nitrogens with two attached hydrogens (primary N) is 1. The van der Waals surface area contributed by atoms with E-state index in [1.54, 1.807) is 12.1 Å². The molecule has 88 valence electrons. The van der Waals surface area contributed by atoms with Crippen LogP contribution in [0.5, 0.6) is 0 Å². The zero-order chi connectivity index (χ0) is 12.4. The van der Waals surface area contributed by atoms with Crippen LogP contribution >= 0.6 is 0 Å². The van der Waals surface area contributed by atoms with Gasteiger partial charge < -0.3 is 11.1 Å². The molecule has 2 aromatic rings. The summed E-state index contributed by atoms with van der Waals surface area (Å²) in [6.07, 6.45) is 0. The van der Waals surface area contributed by atoms with Crippen molar-refractivity contribution in [1.82, 2.24) is 0 Å². The molecule has 0 bridgehead atoms. The monoisotopic (exact) mass is 234 g/mol. The Bertz CT molecular complexity index is 530. The van der Waals surface area contributed by atoms with Gasteiger partial charge in [0.1, 0.15) is 5.69 Å². The molecule has 0 radical (unpaired) electrons. The highest BCUT2D eigenvalue weighted by Gasteiger charge is 2.10. The van der Waals surface area contributed by atoms with Gasteiger partial charge >= 0.3 is 0 Å². The Hall–Kier alpha value is -2.10.